The molecule has 2 rings (SSSR count). The Morgan fingerprint density at radius 2 is 2.11 bits per heavy atom. The summed E-state index contributed by atoms with van der Waals surface area (Å²) < 4.78 is 32.2. The molecule has 1 heterocycles. The number of hydrogen-bond acceptors (Lipinski definition) is 4. The first-order valence-corrected chi connectivity index (χ1v) is 7.80. The summed E-state index contributed by atoms with van der Waals surface area (Å²) in [6.45, 7) is 4.70. The Labute approximate surface area is 114 Å². The van der Waals surface area contributed by atoms with Crippen LogP contribution in [-0.2, 0) is 14.8 Å². The van der Waals surface area contributed by atoms with Gasteiger partial charge in [-0.25, -0.2) is 8.42 Å². The predicted octanol–water partition coefficient (Wildman–Crippen LogP) is 0.732. The van der Waals surface area contributed by atoms with Gasteiger partial charge in [-0.3, -0.25) is 0 Å². The Morgan fingerprint density at radius 3 is 2.74 bits per heavy atom. The van der Waals surface area contributed by atoms with E-state index in [0.717, 1.165) is 5.56 Å². The van der Waals surface area contributed by atoms with E-state index in [0.29, 0.717) is 24.6 Å². The molecule has 0 radical (unpaired) electrons. The normalized spacial score (nSPS) is 23.2. The molecular weight excluding hydrogens is 264 g/mol. The Bertz CT molecular complexity index is 543. The van der Waals surface area contributed by atoms with Gasteiger partial charge in [0.1, 0.15) is 0 Å². The quantitative estimate of drug-likeness (QED) is 0.888. The average Bonchev–Trinajstić information content (AvgIpc) is 2.39. The maximum Gasteiger partial charge on any atom is 0.243 e. The van der Waals surface area contributed by atoms with Crippen molar-refractivity contribution >= 4 is 10.0 Å². The standard InChI is InChI=1S/C13H20N2O3S/c1-10-5-3-4-6-13(10)19(16,17)15-7-8-18-12(9-15)11(2)14/h3-6,11-12H,7-9,14H2,1-2H3. The summed E-state index contributed by atoms with van der Waals surface area (Å²) in [6.07, 6.45) is -0.243. The van der Waals surface area contributed by atoms with Crippen molar-refractivity contribution in [1.82, 2.24) is 4.31 Å². The van der Waals surface area contributed by atoms with Crippen LogP contribution in [0.3, 0.4) is 0 Å². The van der Waals surface area contributed by atoms with E-state index in [1.807, 2.05) is 13.0 Å². The van der Waals surface area contributed by atoms with Crippen LogP contribution < -0.4 is 5.73 Å². The lowest BCUT2D eigenvalue weighted by molar-refractivity contribution is -0.0120. The molecule has 0 aliphatic carbocycles. The van der Waals surface area contributed by atoms with Crippen molar-refractivity contribution in [1.29, 1.82) is 0 Å². The number of sulfonamides is 1. The minimum absolute atomic E-state index is 0.185. The zero-order chi connectivity index (χ0) is 14.0. The Hall–Kier alpha value is -0.950. The maximum atomic E-state index is 12.6. The fourth-order valence-electron chi connectivity index (χ4n) is 2.17. The third-order valence-corrected chi connectivity index (χ3v) is 5.38. The SMILES string of the molecule is Cc1ccccc1S(=O)(=O)N1CCOC(C(C)N)C1. The molecule has 0 spiro atoms. The minimum Gasteiger partial charge on any atom is -0.374 e. The summed E-state index contributed by atoms with van der Waals surface area (Å²) >= 11 is 0. The average molecular weight is 284 g/mol. The van der Waals surface area contributed by atoms with E-state index < -0.39 is 10.0 Å². The molecule has 0 aromatic heterocycles. The molecule has 1 aliphatic heterocycles. The molecule has 2 atom stereocenters. The molecule has 106 valence electrons. The molecule has 5 nitrogen and oxygen atoms in total. The molecule has 1 aromatic carbocycles. The van der Waals surface area contributed by atoms with Crippen molar-refractivity contribution in [2.24, 2.45) is 5.73 Å². The van der Waals surface area contributed by atoms with E-state index in [4.69, 9.17) is 10.5 Å². The van der Waals surface area contributed by atoms with Gasteiger partial charge in [-0.2, -0.15) is 4.31 Å². The van der Waals surface area contributed by atoms with Crippen LogP contribution in [0.5, 0.6) is 0 Å². The molecular formula is C13H20N2O3S. The molecule has 19 heavy (non-hydrogen) atoms. The highest BCUT2D eigenvalue weighted by atomic mass is 32.2. The van der Waals surface area contributed by atoms with Gasteiger partial charge >= 0.3 is 0 Å². The van der Waals surface area contributed by atoms with Crippen molar-refractivity contribution in [2.75, 3.05) is 19.7 Å². The van der Waals surface area contributed by atoms with Crippen LogP contribution in [0.1, 0.15) is 12.5 Å². The lowest BCUT2D eigenvalue weighted by atomic mass is 10.2. The van der Waals surface area contributed by atoms with E-state index >= 15 is 0 Å². The van der Waals surface area contributed by atoms with Crippen molar-refractivity contribution in [2.45, 2.75) is 30.9 Å². The molecule has 1 aromatic rings. The third kappa shape index (κ3) is 2.97. The lowest BCUT2D eigenvalue weighted by Gasteiger charge is -2.34. The van der Waals surface area contributed by atoms with Crippen molar-refractivity contribution in [3.8, 4) is 0 Å². The topological polar surface area (TPSA) is 72.6 Å². The van der Waals surface area contributed by atoms with E-state index in [9.17, 15) is 8.42 Å². The second kappa shape index (κ2) is 5.58. The Kier molecular flexibility index (Phi) is 4.25. The fourth-order valence-corrected chi connectivity index (χ4v) is 3.83. The number of rotatable bonds is 3. The Morgan fingerprint density at radius 1 is 1.42 bits per heavy atom. The number of morpholine rings is 1. The van der Waals surface area contributed by atoms with Gasteiger partial charge in [0, 0.05) is 19.1 Å². The van der Waals surface area contributed by atoms with Gasteiger partial charge in [-0.15, -0.1) is 0 Å². The van der Waals surface area contributed by atoms with E-state index in [1.165, 1.54) is 4.31 Å². The van der Waals surface area contributed by atoms with Crippen LogP contribution in [0.15, 0.2) is 29.2 Å². The monoisotopic (exact) mass is 284 g/mol. The summed E-state index contributed by atoms with van der Waals surface area (Å²) in [5.41, 5.74) is 6.55. The predicted molar refractivity (Wildman–Crippen MR) is 73.3 cm³/mol. The fraction of sp³-hybridized carbons (Fsp3) is 0.538. The number of aryl methyl sites for hydroxylation is 1. The van der Waals surface area contributed by atoms with E-state index in [1.54, 1.807) is 25.1 Å². The second-order valence-corrected chi connectivity index (χ2v) is 6.80. The van der Waals surface area contributed by atoms with Gasteiger partial charge in [0.05, 0.1) is 17.6 Å². The summed E-state index contributed by atoms with van der Waals surface area (Å²) in [4.78, 5) is 0.361. The van der Waals surface area contributed by atoms with Crippen molar-refractivity contribution in [3.63, 3.8) is 0 Å². The summed E-state index contributed by atoms with van der Waals surface area (Å²) in [6, 6.07) is 6.83. The van der Waals surface area contributed by atoms with Crippen molar-refractivity contribution < 1.29 is 13.2 Å². The molecule has 0 bridgehead atoms. The van der Waals surface area contributed by atoms with Gasteiger partial charge in [0.25, 0.3) is 0 Å². The second-order valence-electron chi connectivity index (χ2n) is 4.90. The molecule has 1 saturated heterocycles. The molecule has 1 aliphatic rings. The van der Waals surface area contributed by atoms with Gasteiger partial charge in [-0.1, -0.05) is 18.2 Å². The minimum atomic E-state index is -3.46. The maximum absolute atomic E-state index is 12.6. The van der Waals surface area contributed by atoms with Crippen LogP contribution in [-0.4, -0.2) is 44.6 Å². The van der Waals surface area contributed by atoms with Crippen LogP contribution in [0.25, 0.3) is 0 Å². The number of nitrogens with zero attached hydrogens (tertiary/aromatic N) is 1. The summed E-state index contributed by atoms with van der Waals surface area (Å²) in [5, 5.41) is 0. The molecule has 2 unspecified atom stereocenters. The summed E-state index contributed by atoms with van der Waals surface area (Å²) in [5.74, 6) is 0. The molecule has 0 amide bonds. The van der Waals surface area contributed by atoms with Crippen LogP contribution in [0.2, 0.25) is 0 Å². The molecule has 2 N–H and O–H groups in total. The zero-order valence-corrected chi connectivity index (χ0v) is 12.1. The van der Waals surface area contributed by atoms with E-state index in [2.05, 4.69) is 0 Å². The first kappa shape index (κ1) is 14.5. The third-order valence-electron chi connectivity index (χ3n) is 3.35. The van der Waals surface area contributed by atoms with Crippen LogP contribution in [0, 0.1) is 6.92 Å². The van der Waals surface area contributed by atoms with Gasteiger partial charge in [0.15, 0.2) is 0 Å². The highest BCUT2D eigenvalue weighted by molar-refractivity contribution is 7.89. The smallest absolute Gasteiger partial charge is 0.243 e. The van der Waals surface area contributed by atoms with Crippen molar-refractivity contribution in [3.05, 3.63) is 29.8 Å². The number of hydrogen-bond donors (Lipinski definition) is 1. The number of ether oxygens (including phenoxy) is 1. The van der Waals surface area contributed by atoms with Crippen LogP contribution in [0.4, 0.5) is 0 Å². The van der Waals surface area contributed by atoms with Crippen LogP contribution >= 0.6 is 0 Å². The zero-order valence-electron chi connectivity index (χ0n) is 11.2. The number of nitrogens with two attached hydrogens (primary N) is 1. The first-order chi connectivity index (χ1) is 8.93. The largest absolute Gasteiger partial charge is 0.374 e. The van der Waals surface area contributed by atoms with E-state index in [-0.39, 0.29) is 12.1 Å². The highest BCUT2D eigenvalue weighted by Gasteiger charge is 2.32. The summed E-state index contributed by atoms with van der Waals surface area (Å²) in [7, 11) is -3.46. The lowest BCUT2D eigenvalue weighted by Crippen LogP contribution is -2.51. The molecule has 1 fully saturated rings. The molecule has 6 heteroatoms. The van der Waals surface area contributed by atoms with Gasteiger partial charge < -0.3 is 10.5 Å². The number of benzene rings is 1. The first-order valence-electron chi connectivity index (χ1n) is 6.36. The highest BCUT2D eigenvalue weighted by Crippen LogP contribution is 2.22. The molecule has 0 saturated carbocycles. The van der Waals surface area contributed by atoms with Gasteiger partial charge in [-0.05, 0) is 25.5 Å². The Balaban J connectivity index is 2.28. The van der Waals surface area contributed by atoms with Gasteiger partial charge in [0.2, 0.25) is 10.0 Å².